The second-order valence-electron chi connectivity index (χ2n) is 6.54. The first-order chi connectivity index (χ1) is 10.0. The number of aryl methyl sites for hydroxylation is 1. The summed E-state index contributed by atoms with van der Waals surface area (Å²) in [6.07, 6.45) is 5.93. The normalized spacial score (nSPS) is 27.8. The Morgan fingerprint density at radius 2 is 2.29 bits per heavy atom. The van der Waals surface area contributed by atoms with E-state index in [0.717, 1.165) is 31.7 Å². The molecule has 0 aliphatic heterocycles. The van der Waals surface area contributed by atoms with E-state index in [4.69, 9.17) is 9.72 Å². The molecule has 1 aromatic rings. The molecule has 1 aliphatic carbocycles. The Morgan fingerprint density at radius 1 is 1.52 bits per heavy atom. The van der Waals surface area contributed by atoms with Crippen LogP contribution in [0.2, 0.25) is 0 Å². The highest BCUT2D eigenvalue weighted by Crippen LogP contribution is 2.45. The summed E-state index contributed by atoms with van der Waals surface area (Å²) in [4.78, 5) is 6.26. The quantitative estimate of drug-likeness (QED) is 0.836. The van der Waals surface area contributed by atoms with Gasteiger partial charge in [0.2, 0.25) is 0 Å². The molecular formula is C17H30N2OS. The fourth-order valence-electron chi connectivity index (χ4n) is 3.43. The molecule has 4 heteroatoms. The third-order valence-corrected chi connectivity index (χ3v) is 6.19. The molecular weight excluding hydrogens is 280 g/mol. The second kappa shape index (κ2) is 7.21. The summed E-state index contributed by atoms with van der Waals surface area (Å²) in [6, 6.07) is 0.381. The van der Waals surface area contributed by atoms with E-state index < -0.39 is 0 Å². The van der Waals surface area contributed by atoms with Gasteiger partial charge in [0.1, 0.15) is 10.6 Å². The molecule has 0 radical (unpaired) electrons. The minimum atomic E-state index is -0.143. The van der Waals surface area contributed by atoms with Crippen molar-refractivity contribution in [3.8, 4) is 0 Å². The van der Waals surface area contributed by atoms with Crippen molar-refractivity contribution in [1.29, 1.82) is 0 Å². The zero-order valence-electron chi connectivity index (χ0n) is 14.2. The van der Waals surface area contributed by atoms with Crippen LogP contribution in [0, 0.1) is 12.8 Å². The molecule has 0 spiro atoms. The number of hydrogen-bond donors (Lipinski definition) is 1. The second-order valence-corrected chi connectivity index (χ2v) is 7.58. The summed E-state index contributed by atoms with van der Waals surface area (Å²) in [6.45, 7) is 9.96. The van der Waals surface area contributed by atoms with Crippen molar-refractivity contribution in [2.24, 2.45) is 5.92 Å². The molecule has 0 saturated heterocycles. The number of nitrogens with zero attached hydrogens (tertiary/aromatic N) is 1. The number of hydrogen-bond acceptors (Lipinski definition) is 4. The minimum Gasteiger partial charge on any atom is -0.371 e. The summed E-state index contributed by atoms with van der Waals surface area (Å²) >= 11 is 1.85. The number of rotatable bonds is 6. The lowest BCUT2D eigenvalue weighted by Crippen LogP contribution is -2.34. The molecule has 3 unspecified atom stereocenters. The van der Waals surface area contributed by atoms with Crippen molar-refractivity contribution in [2.75, 3.05) is 13.7 Å². The van der Waals surface area contributed by atoms with E-state index >= 15 is 0 Å². The van der Waals surface area contributed by atoms with Gasteiger partial charge in [0.15, 0.2) is 0 Å². The van der Waals surface area contributed by atoms with Crippen LogP contribution in [-0.2, 0) is 10.3 Å². The fraction of sp³-hybridized carbons (Fsp3) is 0.824. The monoisotopic (exact) mass is 310 g/mol. The summed E-state index contributed by atoms with van der Waals surface area (Å²) in [5.41, 5.74) is 1.02. The SMILES string of the molecule is CCCNC(C)c1sc(C2(OC)CCCC(C)C2)nc1C. The van der Waals surface area contributed by atoms with Gasteiger partial charge in [0.05, 0.1) is 5.69 Å². The molecule has 3 atom stereocenters. The molecule has 1 fully saturated rings. The van der Waals surface area contributed by atoms with E-state index in [9.17, 15) is 0 Å². The Kier molecular flexibility index (Phi) is 5.81. The minimum absolute atomic E-state index is 0.143. The number of nitrogens with one attached hydrogen (secondary N) is 1. The van der Waals surface area contributed by atoms with E-state index in [1.165, 1.54) is 28.4 Å². The van der Waals surface area contributed by atoms with Gasteiger partial charge in [0.25, 0.3) is 0 Å². The van der Waals surface area contributed by atoms with Crippen molar-refractivity contribution >= 4 is 11.3 Å². The Bertz CT molecular complexity index is 460. The number of thiazole rings is 1. The van der Waals surface area contributed by atoms with E-state index in [1.54, 1.807) is 0 Å². The van der Waals surface area contributed by atoms with Crippen LogP contribution in [0.25, 0.3) is 0 Å². The largest absolute Gasteiger partial charge is 0.371 e. The van der Waals surface area contributed by atoms with Crippen LogP contribution in [0.5, 0.6) is 0 Å². The number of methoxy groups -OCH3 is 1. The van der Waals surface area contributed by atoms with E-state index in [2.05, 4.69) is 33.0 Å². The number of ether oxygens (including phenoxy) is 1. The van der Waals surface area contributed by atoms with Crippen LogP contribution in [0.4, 0.5) is 0 Å². The predicted octanol–water partition coefficient (Wildman–Crippen LogP) is 4.56. The summed E-state index contributed by atoms with van der Waals surface area (Å²) in [5, 5.41) is 4.76. The molecule has 0 aromatic carbocycles. The molecule has 2 rings (SSSR count). The third-order valence-electron chi connectivity index (χ3n) is 4.66. The Balaban J connectivity index is 2.23. The van der Waals surface area contributed by atoms with Crippen molar-refractivity contribution in [2.45, 2.75) is 71.4 Å². The van der Waals surface area contributed by atoms with Gasteiger partial charge in [-0.1, -0.05) is 20.3 Å². The predicted molar refractivity (Wildman–Crippen MR) is 89.9 cm³/mol. The van der Waals surface area contributed by atoms with Gasteiger partial charge < -0.3 is 10.1 Å². The van der Waals surface area contributed by atoms with E-state index in [1.807, 2.05) is 18.4 Å². The lowest BCUT2D eigenvalue weighted by atomic mass is 9.79. The van der Waals surface area contributed by atoms with Crippen molar-refractivity contribution in [3.05, 3.63) is 15.6 Å². The van der Waals surface area contributed by atoms with Crippen LogP contribution in [-0.4, -0.2) is 18.6 Å². The molecule has 21 heavy (non-hydrogen) atoms. The van der Waals surface area contributed by atoms with E-state index in [0.29, 0.717) is 6.04 Å². The molecule has 120 valence electrons. The maximum Gasteiger partial charge on any atom is 0.125 e. The average molecular weight is 311 g/mol. The van der Waals surface area contributed by atoms with Gasteiger partial charge in [-0.2, -0.15) is 0 Å². The van der Waals surface area contributed by atoms with Crippen LogP contribution in [0.3, 0.4) is 0 Å². The van der Waals surface area contributed by atoms with Gasteiger partial charge in [-0.25, -0.2) is 4.98 Å². The van der Waals surface area contributed by atoms with Gasteiger partial charge in [-0.05, 0) is 52.0 Å². The lowest BCUT2D eigenvalue weighted by molar-refractivity contribution is -0.0581. The number of aromatic nitrogens is 1. The maximum atomic E-state index is 5.99. The lowest BCUT2D eigenvalue weighted by Gasteiger charge is -2.37. The van der Waals surface area contributed by atoms with Gasteiger partial charge in [-0.3, -0.25) is 0 Å². The Labute approximate surface area is 133 Å². The van der Waals surface area contributed by atoms with Gasteiger partial charge in [-0.15, -0.1) is 11.3 Å². The van der Waals surface area contributed by atoms with Crippen molar-refractivity contribution in [3.63, 3.8) is 0 Å². The fourth-order valence-corrected chi connectivity index (χ4v) is 4.73. The first-order valence-corrected chi connectivity index (χ1v) is 9.10. The summed E-state index contributed by atoms with van der Waals surface area (Å²) < 4.78 is 5.99. The maximum absolute atomic E-state index is 5.99. The van der Waals surface area contributed by atoms with Crippen LogP contribution in [0.1, 0.15) is 74.5 Å². The first kappa shape index (κ1) is 16.9. The molecule has 3 nitrogen and oxygen atoms in total. The zero-order chi connectivity index (χ0) is 15.5. The highest BCUT2D eigenvalue weighted by molar-refractivity contribution is 7.12. The standard InChI is InChI=1S/C17H30N2OS/c1-6-10-18-13(3)15-14(4)19-16(21-15)17(20-5)9-7-8-12(2)11-17/h12-13,18H,6-11H2,1-5H3. The zero-order valence-corrected chi connectivity index (χ0v) is 15.0. The summed E-state index contributed by atoms with van der Waals surface area (Å²) in [5.74, 6) is 0.724. The molecule has 0 amide bonds. The van der Waals surface area contributed by atoms with E-state index in [-0.39, 0.29) is 5.60 Å². The third kappa shape index (κ3) is 3.66. The van der Waals surface area contributed by atoms with Gasteiger partial charge in [0, 0.05) is 18.0 Å². The Hall–Kier alpha value is -0.450. The topological polar surface area (TPSA) is 34.1 Å². The molecule has 1 heterocycles. The first-order valence-electron chi connectivity index (χ1n) is 8.28. The highest BCUT2D eigenvalue weighted by atomic mass is 32.1. The summed E-state index contributed by atoms with van der Waals surface area (Å²) in [7, 11) is 1.85. The Morgan fingerprint density at radius 3 is 2.90 bits per heavy atom. The molecule has 1 N–H and O–H groups in total. The van der Waals surface area contributed by atoms with Crippen LogP contribution < -0.4 is 5.32 Å². The molecule has 1 aromatic heterocycles. The molecule has 0 bridgehead atoms. The molecule has 1 aliphatic rings. The van der Waals surface area contributed by atoms with Crippen LogP contribution in [0.15, 0.2) is 0 Å². The highest BCUT2D eigenvalue weighted by Gasteiger charge is 2.40. The average Bonchev–Trinajstić information content (AvgIpc) is 2.87. The molecule has 1 saturated carbocycles. The van der Waals surface area contributed by atoms with Crippen LogP contribution >= 0.6 is 11.3 Å². The van der Waals surface area contributed by atoms with Gasteiger partial charge >= 0.3 is 0 Å². The van der Waals surface area contributed by atoms with Crippen molar-refractivity contribution in [1.82, 2.24) is 10.3 Å². The van der Waals surface area contributed by atoms with Crippen molar-refractivity contribution < 1.29 is 4.74 Å². The smallest absolute Gasteiger partial charge is 0.125 e.